The van der Waals surface area contributed by atoms with Crippen LogP contribution in [0.3, 0.4) is 0 Å². The minimum absolute atomic E-state index is 0.0809. The molecule has 0 saturated carbocycles. The first-order valence-electron chi connectivity index (χ1n) is 15.0. The maximum atomic E-state index is 15.3. The van der Waals surface area contributed by atoms with Crippen LogP contribution >= 0.6 is 11.6 Å². The number of carbonyl (C=O) groups excluding carboxylic acids is 2. The van der Waals surface area contributed by atoms with Crippen LogP contribution in [0.25, 0.3) is 5.52 Å². The third kappa shape index (κ3) is 7.92. The molecular formula is C34H41ClFN5O4. The maximum absolute atomic E-state index is 15.3. The smallest absolute Gasteiger partial charge is 0.407 e. The monoisotopic (exact) mass is 637 g/mol. The molecule has 4 aromatic rings. The van der Waals surface area contributed by atoms with E-state index in [1.54, 1.807) is 56.2 Å². The predicted molar refractivity (Wildman–Crippen MR) is 173 cm³/mol. The summed E-state index contributed by atoms with van der Waals surface area (Å²) in [6, 6.07) is 15.1. The molecule has 2 aromatic heterocycles. The van der Waals surface area contributed by atoms with Gasteiger partial charge in [-0.15, -0.1) is 0 Å². The fourth-order valence-corrected chi connectivity index (χ4v) is 5.51. The van der Waals surface area contributed by atoms with E-state index in [-0.39, 0.29) is 31.1 Å². The summed E-state index contributed by atoms with van der Waals surface area (Å²) in [5.41, 5.74) is 1.87. The van der Waals surface area contributed by atoms with Crippen LogP contribution in [0.1, 0.15) is 80.0 Å². The van der Waals surface area contributed by atoms with Crippen LogP contribution in [0.5, 0.6) is 0 Å². The number of aromatic nitrogens is 3. The van der Waals surface area contributed by atoms with Gasteiger partial charge in [-0.2, -0.15) is 9.61 Å². The second kappa shape index (κ2) is 13.9. The first-order chi connectivity index (χ1) is 21.2. The summed E-state index contributed by atoms with van der Waals surface area (Å²) in [7, 11) is 0. The Balaban J connectivity index is 1.83. The zero-order chi connectivity index (χ0) is 33.1. The molecule has 45 heavy (non-hydrogen) atoms. The summed E-state index contributed by atoms with van der Waals surface area (Å²) in [5, 5.41) is 7.45. The number of carbonyl (C=O) groups is 2. The van der Waals surface area contributed by atoms with Gasteiger partial charge in [-0.3, -0.25) is 9.36 Å². The van der Waals surface area contributed by atoms with Crippen molar-refractivity contribution in [2.75, 3.05) is 13.1 Å². The number of nitrogens with zero attached hydrogens (tertiary/aromatic N) is 4. The molecular weight excluding hydrogens is 597 g/mol. The molecule has 0 fully saturated rings. The minimum Gasteiger partial charge on any atom is -0.444 e. The highest BCUT2D eigenvalue weighted by atomic mass is 35.5. The number of ether oxygens (including phenoxy) is 1. The number of nitrogens with one attached hydrogen (secondary N) is 1. The molecule has 1 unspecified atom stereocenters. The Kier molecular flexibility index (Phi) is 10.4. The molecule has 0 radical (unpaired) electrons. The highest BCUT2D eigenvalue weighted by molar-refractivity contribution is 6.34. The number of aryl methyl sites for hydroxylation is 2. The van der Waals surface area contributed by atoms with Crippen molar-refractivity contribution in [1.29, 1.82) is 0 Å². The number of hydrogen-bond donors (Lipinski definition) is 1. The number of benzene rings is 2. The summed E-state index contributed by atoms with van der Waals surface area (Å²) in [5.74, 6) is -1.38. The van der Waals surface area contributed by atoms with Crippen LogP contribution in [-0.4, -0.2) is 49.8 Å². The van der Waals surface area contributed by atoms with Crippen LogP contribution in [-0.2, 0) is 11.3 Å². The zero-order valence-electron chi connectivity index (χ0n) is 26.9. The van der Waals surface area contributed by atoms with E-state index in [0.717, 1.165) is 5.56 Å². The number of hydrogen-bond acceptors (Lipinski definition) is 5. The third-order valence-electron chi connectivity index (χ3n) is 7.34. The molecule has 9 nitrogen and oxygen atoms in total. The number of fused-ring (bicyclic) bond motifs is 1. The molecule has 0 spiro atoms. The van der Waals surface area contributed by atoms with E-state index in [0.29, 0.717) is 33.9 Å². The van der Waals surface area contributed by atoms with E-state index < -0.39 is 35.2 Å². The maximum Gasteiger partial charge on any atom is 0.407 e. The average Bonchev–Trinajstić information content (AvgIpc) is 3.24. The number of halogens is 2. The first-order valence-corrected chi connectivity index (χ1v) is 15.4. The van der Waals surface area contributed by atoms with E-state index in [9.17, 15) is 14.4 Å². The molecule has 2 heterocycles. The Bertz CT molecular complexity index is 1740. The fourth-order valence-electron chi connectivity index (χ4n) is 5.34. The Morgan fingerprint density at radius 3 is 2.40 bits per heavy atom. The van der Waals surface area contributed by atoms with Gasteiger partial charge >= 0.3 is 11.8 Å². The van der Waals surface area contributed by atoms with Crippen LogP contribution in [0.4, 0.5) is 9.18 Å². The Morgan fingerprint density at radius 2 is 1.78 bits per heavy atom. The Morgan fingerprint density at radius 1 is 1.09 bits per heavy atom. The molecule has 0 bridgehead atoms. The minimum atomic E-state index is -0.674. The zero-order valence-corrected chi connectivity index (χ0v) is 27.6. The topological polar surface area (TPSA) is 97.9 Å². The molecule has 0 aliphatic carbocycles. The van der Waals surface area contributed by atoms with Gasteiger partial charge in [-0.05, 0) is 76.3 Å². The van der Waals surface area contributed by atoms with Gasteiger partial charge in [-0.25, -0.2) is 14.0 Å². The van der Waals surface area contributed by atoms with E-state index in [2.05, 4.69) is 10.4 Å². The van der Waals surface area contributed by atoms with Crippen molar-refractivity contribution in [3.63, 3.8) is 0 Å². The molecule has 0 saturated heterocycles. The summed E-state index contributed by atoms with van der Waals surface area (Å²) in [6.07, 6.45) is -0.224. The second-order valence-corrected chi connectivity index (χ2v) is 13.0. The highest BCUT2D eigenvalue weighted by Crippen LogP contribution is 2.33. The first kappa shape index (κ1) is 33.7. The summed E-state index contributed by atoms with van der Waals surface area (Å²) >= 11 is 6.62. The molecule has 240 valence electrons. The lowest BCUT2D eigenvalue weighted by Crippen LogP contribution is -2.43. The molecule has 1 atom stereocenters. The lowest BCUT2D eigenvalue weighted by molar-refractivity contribution is 0.0520. The van der Waals surface area contributed by atoms with Crippen LogP contribution < -0.4 is 11.0 Å². The van der Waals surface area contributed by atoms with Gasteiger partial charge in [-0.1, -0.05) is 61.8 Å². The largest absolute Gasteiger partial charge is 0.444 e. The number of rotatable bonds is 10. The normalized spacial score (nSPS) is 12.4. The number of alkyl carbamates (subject to hydrolysis) is 1. The van der Waals surface area contributed by atoms with Crippen molar-refractivity contribution in [3.8, 4) is 0 Å². The van der Waals surface area contributed by atoms with Crippen molar-refractivity contribution < 1.29 is 18.7 Å². The fraction of sp³-hybridized carbons (Fsp3) is 0.412. The van der Waals surface area contributed by atoms with Crippen LogP contribution in [0.15, 0.2) is 59.4 Å². The van der Waals surface area contributed by atoms with Gasteiger partial charge in [0.2, 0.25) is 0 Å². The molecule has 0 aliphatic heterocycles. The summed E-state index contributed by atoms with van der Waals surface area (Å²) < 4.78 is 23.5. The Hall–Kier alpha value is -4.18. The standard InChI is InChI=1S/C34H41ClFN5O4/c1-21(2)30(28-19-27-29(35)23(4)38-41(27)33(44)40(28)20-24-12-9-8-10-13-24)39(17-11-16-37-32(43)45-34(5,6)7)31(42)25-15-14-22(3)18-26(25)36/h8-10,12-15,18-19,21,30H,11,16-17,20H2,1-7H3,(H,37,43). The van der Waals surface area contributed by atoms with Crippen LogP contribution in [0.2, 0.25) is 5.02 Å². The molecule has 11 heteroatoms. The van der Waals surface area contributed by atoms with Crippen LogP contribution in [0, 0.1) is 25.6 Å². The quantitative estimate of drug-likeness (QED) is 0.195. The van der Waals surface area contributed by atoms with E-state index in [1.165, 1.54) is 16.6 Å². The second-order valence-electron chi connectivity index (χ2n) is 12.6. The van der Waals surface area contributed by atoms with Crippen molar-refractivity contribution in [1.82, 2.24) is 24.4 Å². The van der Waals surface area contributed by atoms with Gasteiger partial charge in [0.05, 0.1) is 34.4 Å². The molecule has 2 amide bonds. The van der Waals surface area contributed by atoms with Crippen molar-refractivity contribution >= 4 is 29.1 Å². The SMILES string of the molecule is Cc1ccc(C(=O)N(CCCNC(=O)OC(C)(C)C)C(c2cc3c(Cl)c(C)nn3c(=O)n2Cc2ccccc2)C(C)C)c(F)c1. The van der Waals surface area contributed by atoms with Crippen molar-refractivity contribution in [3.05, 3.63) is 104 Å². The van der Waals surface area contributed by atoms with Gasteiger partial charge < -0.3 is 15.0 Å². The number of amides is 2. The molecule has 1 N–H and O–H groups in total. The van der Waals surface area contributed by atoms with Gasteiger partial charge in [0, 0.05) is 18.8 Å². The lowest BCUT2D eigenvalue weighted by Gasteiger charge is -2.36. The summed E-state index contributed by atoms with van der Waals surface area (Å²) in [6.45, 7) is 13.3. The summed E-state index contributed by atoms with van der Waals surface area (Å²) in [4.78, 5) is 42.1. The van der Waals surface area contributed by atoms with Gasteiger partial charge in [0.25, 0.3) is 5.91 Å². The van der Waals surface area contributed by atoms with Crippen molar-refractivity contribution in [2.45, 2.75) is 73.1 Å². The predicted octanol–water partition coefficient (Wildman–Crippen LogP) is 6.71. The average molecular weight is 638 g/mol. The van der Waals surface area contributed by atoms with Crippen molar-refractivity contribution in [2.24, 2.45) is 5.92 Å². The van der Waals surface area contributed by atoms with E-state index in [1.807, 2.05) is 44.2 Å². The van der Waals surface area contributed by atoms with Gasteiger partial charge in [0.1, 0.15) is 11.4 Å². The Labute approximate surface area is 267 Å². The van der Waals surface area contributed by atoms with E-state index in [4.69, 9.17) is 16.3 Å². The van der Waals surface area contributed by atoms with Gasteiger partial charge in [0.15, 0.2) is 0 Å². The molecule has 0 aliphatic rings. The van der Waals surface area contributed by atoms with E-state index >= 15 is 4.39 Å². The molecule has 4 rings (SSSR count). The highest BCUT2D eigenvalue weighted by Gasteiger charge is 2.33. The third-order valence-corrected chi connectivity index (χ3v) is 7.81. The molecule has 2 aromatic carbocycles. The lowest BCUT2D eigenvalue weighted by atomic mass is 9.96.